The summed E-state index contributed by atoms with van der Waals surface area (Å²) in [5.74, 6) is 0.802. The van der Waals surface area contributed by atoms with Crippen LogP contribution in [0.15, 0.2) is 0 Å². The number of ether oxygens (including phenoxy) is 1. The molecular formula is C12H24N2O2. The Balaban J connectivity index is 2.11. The van der Waals surface area contributed by atoms with Crippen LogP contribution in [-0.2, 0) is 9.53 Å². The fraction of sp³-hybridized carbons (Fsp3) is 0.917. The van der Waals surface area contributed by atoms with Crippen molar-refractivity contribution >= 4 is 5.91 Å². The molecule has 0 bridgehead atoms. The molecule has 0 atom stereocenters. The van der Waals surface area contributed by atoms with E-state index in [4.69, 9.17) is 4.74 Å². The molecule has 0 heterocycles. The third-order valence-corrected chi connectivity index (χ3v) is 3.18. The molecule has 0 radical (unpaired) electrons. The van der Waals surface area contributed by atoms with Crippen LogP contribution in [0, 0.1) is 5.92 Å². The molecule has 4 nitrogen and oxygen atoms in total. The van der Waals surface area contributed by atoms with E-state index in [0.29, 0.717) is 18.4 Å². The quantitative estimate of drug-likeness (QED) is 0.703. The second kappa shape index (κ2) is 6.86. The van der Waals surface area contributed by atoms with E-state index in [1.54, 1.807) is 0 Å². The first-order valence-electron chi connectivity index (χ1n) is 6.17. The van der Waals surface area contributed by atoms with Crippen molar-refractivity contribution in [3.63, 3.8) is 0 Å². The molecule has 0 saturated heterocycles. The number of rotatable bonds is 7. The molecule has 0 aliphatic heterocycles. The number of likely N-dealkylation sites (N-methyl/N-ethyl adjacent to an activating group) is 2. The van der Waals surface area contributed by atoms with Crippen molar-refractivity contribution in [1.29, 1.82) is 0 Å². The summed E-state index contributed by atoms with van der Waals surface area (Å²) in [6.07, 6.45) is 3.20. The third-order valence-electron chi connectivity index (χ3n) is 3.18. The average Bonchev–Trinajstić information content (AvgIpc) is 2.22. The van der Waals surface area contributed by atoms with Gasteiger partial charge in [-0.3, -0.25) is 4.79 Å². The van der Waals surface area contributed by atoms with Gasteiger partial charge in [-0.05, 0) is 32.7 Å². The van der Waals surface area contributed by atoms with E-state index in [9.17, 15) is 4.79 Å². The standard InChI is InChI=1S/C12H24N2O2/c1-4-16-11-7-10(8-11)9-12(15)14(3)6-5-13-2/h10-11,13H,4-9H2,1-3H3. The fourth-order valence-corrected chi connectivity index (χ4v) is 2.02. The Morgan fingerprint density at radius 1 is 1.50 bits per heavy atom. The molecule has 0 aromatic carbocycles. The van der Waals surface area contributed by atoms with Gasteiger partial charge in [-0.15, -0.1) is 0 Å². The number of hydrogen-bond donors (Lipinski definition) is 1. The largest absolute Gasteiger partial charge is 0.378 e. The number of nitrogens with one attached hydrogen (secondary N) is 1. The van der Waals surface area contributed by atoms with Crippen LogP contribution in [0.3, 0.4) is 0 Å². The van der Waals surface area contributed by atoms with Gasteiger partial charge in [0.1, 0.15) is 0 Å². The first-order valence-corrected chi connectivity index (χ1v) is 6.17. The summed E-state index contributed by atoms with van der Waals surface area (Å²) in [7, 11) is 3.77. The van der Waals surface area contributed by atoms with Gasteiger partial charge in [-0.2, -0.15) is 0 Å². The van der Waals surface area contributed by atoms with Crippen molar-refractivity contribution in [3.05, 3.63) is 0 Å². The third kappa shape index (κ3) is 4.10. The Hall–Kier alpha value is -0.610. The van der Waals surface area contributed by atoms with Crippen molar-refractivity contribution in [2.75, 3.05) is 33.8 Å². The molecule has 1 rings (SSSR count). The highest BCUT2D eigenvalue weighted by Gasteiger charge is 2.31. The molecule has 94 valence electrons. The topological polar surface area (TPSA) is 41.6 Å². The van der Waals surface area contributed by atoms with Gasteiger partial charge in [0.15, 0.2) is 0 Å². The maximum Gasteiger partial charge on any atom is 0.222 e. The zero-order valence-electron chi connectivity index (χ0n) is 10.7. The van der Waals surface area contributed by atoms with Crippen molar-refractivity contribution in [3.8, 4) is 0 Å². The molecule has 1 aliphatic rings. The predicted molar refractivity (Wildman–Crippen MR) is 64.3 cm³/mol. The maximum atomic E-state index is 11.8. The van der Waals surface area contributed by atoms with Crippen molar-refractivity contribution in [2.24, 2.45) is 5.92 Å². The van der Waals surface area contributed by atoms with Crippen LogP contribution in [0.4, 0.5) is 0 Å². The molecule has 1 saturated carbocycles. The van der Waals surface area contributed by atoms with Crippen molar-refractivity contribution < 1.29 is 9.53 Å². The zero-order valence-corrected chi connectivity index (χ0v) is 10.7. The van der Waals surface area contributed by atoms with Gasteiger partial charge in [0, 0.05) is 33.2 Å². The smallest absolute Gasteiger partial charge is 0.222 e. The molecule has 1 amide bonds. The van der Waals surface area contributed by atoms with Gasteiger partial charge in [-0.25, -0.2) is 0 Å². The molecular weight excluding hydrogens is 204 g/mol. The Labute approximate surface area is 98.3 Å². The number of hydrogen-bond acceptors (Lipinski definition) is 3. The number of nitrogens with zero attached hydrogens (tertiary/aromatic N) is 1. The van der Waals surface area contributed by atoms with Gasteiger partial charge < -0.3 is 15.0 Å². The van der Waals surface area contributed by atoms with Gasteiger partial charge in [0.05, 0.1) is 6.10 Å². The van der Waals surface area contributed by atoms with Crippen LogP contribution in [0.1, 0.15) is 26.2 Å². The van der Waals surface area contributed by atoms with Gasteiger partial charge in [0.25, 0.3) is 0 Å². The number of carbonyl (C=O) groups excluding carboxylic acids is 1. The lowest BCUT2D eigenvalue weighted by Crippen LogP contribution is -2.38. The summed E-state index contributed by atoms with van der Waals surface area (Å²) >= 11 is 0. The summed E-state index contributed by atoms with van der Waals surface area (Å²) in [6.45, 7) is 4.45. The number of carbonyl (C=O) groups is 1. The average molecular weight is 228 g/mol. The molecule has 0 unspecified atom stereocenters. The monoisotopic (exact) mass is 228 g/mol. The van der Waals surface area contributed by atoms with Crippen LogP contribution in [0.2, 0.25) is 0 Å². The SMILES string of the molecule is CCOC1CC(CC(=O)N(C)CCNC)C1. The zero-order chi connectivity index (χ0) is 12.0. The minimum atomic E-state index is 0.259. The molecule has 1 aliphatic carbocycles. The van der Waals surface area contributed by atoms with Crippen molar-refractivity contribution in [1.82, 2.24) is 10.2 Å². The van der Waals surface area contributed by atoms with E-state index in [2.05, 4.69) is 5.32 Å². The highest BCUT2D eigenvalue weighted by molar-refractivity contribution is 5.76. The first-order chi connectivity index (χ1) is 7.67. The maximum absolute atomic E-state index is 11.8. The molecule has 1 N–H and O–H groups in total. The molecule has 1 fully saturated rings. The van der Waals surface area contributed by atoms with Gasteiger partial charge in [-0.1, -0.05) is 0 Å². The Morgan fingerprint density at radius 2 is 2.19 bits per heavy atom. The van der Waals surface area contributed by atoms with E-state index >= 15 is 0 Å². The highest BCUT2D eigenvalue weighted by atomic mass is 16.5. The van der Waals surface area contributed by atoms with E-state index in [0.717, 1.165) is 32.5 Å². The lowest BCUT2D eigenvalue weighted by Gasteiger charge is -2.35. The predicted octanol–water partition coefficient (Wildman–Crippen LogP) is 0.869. The van der Waals surface area contributed by atoms with E-state index in [-0.39, 0.29) is 5.91 Å². The Morgan fingerprint density at radius 3 is 2.75 bits per heavy atom. The summed E-state index contributed by atoms with van der Waals surface area (Å²) in [5, 5.41) is 3.04. The Bertz CT molecular complexity index is 215. The lowest BCUT2D eigenvalue weighted by atomic mass is 9.80. The molecule has 0 aromatic heterocycles. The van der Waals surface area contributed by atoms with Crippen LogP contribution in [0.5, 0.6) is 0 Å². The van der Waals surface area contributed by atoms with Gasteiger partial charge >= 0.3 is 0 Å². The second-order valence-corrected chi connectivity index (χ2v) is 4.54. The summed E-state index contributed by atoms with van der Waals surface area (Å²) in [4.78, 5) is 13.6. The van der Waals surface area contributed by atoms with Gasteiger partial charge in [0.2, 0.25) is 5.91 Å². The van der Waals surface area contributed by atoms with E-state index < -0.39 is 0 Å². The number of amides is 1. The highest BCUT2D eigenvalue weighted by Crippen LogP contribution is 2.32. The van der Waals surface area contributed by atoms with Crippen LogP contribution in [-0.4, -0.2) is 50.7 Å². The summed E-state index contributed by atoms with van der Waals surface area (Å²) < 4.78 is 5.48. The summed E-state index contributed by atoms with van der Waals surface area (Å²) in [6, 6.07) is 0. The van der Waals surface area contributed by atoms with E-state index in [1.807, 2.05) is 25.9 Å². The first kappa shape index (κ1) is 13.5. The molecule has 16 heavy (non-hydrogen) atoms. The molecule has 0 spiro atoms. The van der Waals surface area contributed by atoms with Crippen molar-refractivity contribution in [2.45, 2.75) is 32.3 Å². The fourth-order valence-electron chi connectivity index (χ4n) is 2.02. The normalized spacial score (nSPS) is 23.9. The van der Waals surface area contributed by atoms with Crippen LogP contribution < -0.4 is 5.32 Å². The second-order valence-electron chi connectivity index (χ2n) is 4.54. The van der Waals surface area contributed by atoms with E-state index in [1.165, 1.54) is 0 Å². The Kier molecular flexibility index (Phi) is 5.77. The van der Waals surface area contributed by atoms with Crippen LogP contribution in [0.25, 0.3) is 0 Å². The summed E-state index contributed by atoms with van der Waals surface area (Å²) in [5.41, 5.74) is 0. The minimum Gasteiger partial charge on any atom is -0.378 e. The molecule has 0 aromatic rings. The van der Waals surface area contributed by atoms with Crippen LogP contribution >= 0.6 is 0 Å². The lowest BCUT2D eigenvalue weighted by molar-refractivity contribution is -0.133. The molecule has 4 heteroatoms. The minimum absolute atomic E-state index is 0.259.